The van der Waals surface area contributed by atoms with Gasteiger partial charge in [0, 0.05) is 13.1 Å². The summed E-state index contributed by atoms with van der Waals surface area (Å²) in [5.74, 6) is 0.317. The Morgan fingerprint density at radius 1 is 1.35 bits per heavy atom. The molecule has 1 aliphatic rings. The van der Waals surface area contributed by atoms with E-state index in [1.807, 2.05) is 6.92 Å². The average Bonchev–Trinajstić information content (AvgIpc) is 3.09. The highest BCUT2D eigenvalue weighted by Crippen LogP contribution is 2.32. The van der Waals surface area contributed by atoms with Gasteiger partial charge in [0.25, 0.3) is 0 Å². The van der Waals surface area contributed by atoms with Crippen LogP contribution in [0.5, 0.6) is 5.75 Å². The van der Waals surface area contributed by atoms with Crippen LogP contribution in [0.3, 0.4) is 0 Å². The quantitative estimate of drug-likeness (QED) is 0.873. The van der Waals surface area contributed by atoms with Gasteiger partial charge >= 0.3 is 0 Å². The molecule has 0 atom stereocenters. The normalized spacial score (nSPS) is 16.4. The largest absolute Gasteiger partial charge is 0.507 e. The Morgan fingerprint density at radius 3 is 2.53 bits per heavy atom. The molecule has 0 aromatic heterocycles. The Balaban J connectivity index is 2.30. The van der Waals surface area contributed by atoms with Gasteiger partial charge < -0.3 is 5.11 Å². The third kappa shape index (κ3) is 2.61. The average molecular weight is 255 g/mol. The van der Waals surface area contributed by atoms with Crippen LogP contribution in [-0.2, 0) is 10.0 Å². The van der Waals surface area contributed by atoms with Crippen molar-refractivity contribution in [3.05, 3.63) is 24.3 Å². The van der Waals surface area contributed by atoms with Gasteiger partial charge in [-0.25, -0.2) is 8.42 Å². The van der Waals surface area contributed by atoms with Gasteiger partial charge in [-0.2, -0.15) is 4.31 Å². The Morgan fingerprint density at radius 2 is 2.00 bits per heavy atom. The predicted octanol–water partition coefficient (Wildman–Crippen LogP) is 1.81. The highest BCUT2D eigenvalue weighted by atomic mass is 32.2. The summed E-state index contributed by atoms with van der Waals surface area (Å²) in [5.41, 5.74) is 0. The molecule has 0 spiro atoms. The third-order valence-corrected chi connectivity index (χ3v) is 4.98. The van der Waals surface area contributed by atoms with Crippen LogP contribution in [0, 0.1) is 5.92 Å². The minimum Gasteiger partial charge on any atom is -0.507 e. The summed E-state index contributed by atoms with van der Waals surface area (Å²) in [6.45, 7) is 2.82. The lowest BCUT2D eigenvalue weighted by Crippen LogP contribution is -2.32. The molecule has 1 N–H and O–H groups in total. The van der Waals surface area contributed by atoms with E-state index < -0.39 is 10.0 Å². The molecule has 0 amide bonds. The molecule has 1 aliphatic carbocycles. The molecule has 1 aromatic carbocycles. The number of phenolic OH excluding ortho intramolecular Hbond substituents is 1. The van der Waals surface area contributed by atoms with Crippen LogP contribution >= 0.6 is 0 Å². The number of benzene rings is 1. The predicted molar refractivity (Wildman–Crippen MR) is 65.3 cm³/mol. The maximum atomic E-state index is 12.3. The summed E-state index contributed by atoms with van der Waals surface area (Å²) in [6.07, 6.45) is 2.21. The summed E-state index contributed by atoms with van der Waals surface area (Å²) in [7, 11) is -3.55. The van der Waals surface area contributed by atoms with E-state index in [4.69, 9.17) is 0 Å². The van der Waals surface area contributed by atoms with Gasteiger partial charge in [0.2, 0.25) is 10.0 Å². The maximum Gasteiger partial charge on any atom is 0.246 e. The molecule has 0 aliphatic heterocycles. The standard InChI is InChI=1S/C12H17NO3S/c1-2-13(9-10-7-8-10)17(15,16)12-6-4-3-5-11(12)14/h3-6,10,14H,2,7-9H2,1H3. The van der Waals surface area contributed by atoms with E-state index in [-0.39, 0.29) is 10.6 Å². The van der Waals surface area contributed by atoms with Crippen molar-refractivity contribution in [1.82, 2.24) is 4.31 Å². The Kier molecular flexibility index (Phi) is 3.40. The van der Waals surface area contributed by atoms with Crippen LogP contribution in [-0.4, -0.2) is 30.9 Å². The molecule has 1 fully saturated rings. The zero-order valence-electron chi connectivity index (χ0n) is 9.83. The number of sulfonamides is 1. The van der Waals surface area contributed by atoms with Crippen molar-refractivity contribution in [2.75, 3.05) is 13.1 Å². The lowest BCUT2D eigenvalue weighted by Gasteiger charge is -2.20. The van der Waals surface area contributed by atoms with Crippen molar-refractivity contribution in [3.8, 4) is 5.75 Å². The van der Waals surface area contributed by atoms with Crippen LogP contribution in [0.15, 0.2) is 29.2 Å². The topological polar surface area (TPSA) is 57.6 Å². The smallest absolute Gasteiger partial charge is 0.246 e. The van der Waals surface area contributed by atoms with Gasteiger partial charge in [0.1, 0.15) is 10.6 Å². The van der Waals surface area contributed by atoms with Crippen molar-refractivity contribution in [1.29, 1.82) is 0 Å². The first-order chi connectivity index (χ1) is 8.05. The summed E-state index contributed by atoms with van der Waals surface area (Å²) >= 11 is 0. The van der Waals surface area contributed by atoms with Gasteiger partial charge in [-0.15, -0.1) is 0 Å². The van der Waals surface area contributed by atoms with E-state index in [0.717, 1.165) is 12.8 Å². The maximum absolute atomic E-state index is 12.3. The fraction of sp³-hybridized carbons (Fsp3) is 0.500. The number of hydrogen-bond donors (Lipinski definition) is 1. The third-order valence-electron chi connectivity index (χ3n) is 2.99. The second-order valence-corrected chi connectivity index (χ2v) is 6.27. The van der Waals surface area contributed by atoms with Crippen LogP contribution in [0.4, 0.5) is 0 Å². The monoisotopic (exact) mass is 255 g/mol. The minimum atomic E-state index is -3.55. The van der Waals surface area contributed by atoms with E-state index in [0.29, 0.717) is 19.0 Å². The van der Waals surface area contributed by atoms with E-state index in [1.165, 1.54) is 16.4 Å². The first-order valence-corrected chi connectivity index (χ1v) is 7.28. The zero-order valence-corrected chi connectivity index (χ0v) is 10.7. The van der Waals surface area contributed by atoms with Crippen LogP contribution < -0.4 is 0 Å². The number of aromatic hydroxyl groups is 1. The molecule has 0 unspecified atom stereocenters. The molecule has 0 heterocycles. The number of phenols is 1. The number of hydrogen-bond acceptors (Lipinski definition) is 3. The molecule has 17 heavy (non-hydrogen) atoms. The zero-order chi connectivity index (χ0) is 12.5. The second-order valence-electron chi connectivity index (χ2n) is 4.37. The molecule has 5 heteroatoms. The first kappa shape index (κ1) is 12.4. The van der Waals surface area contributed by atoms with E-state index >= 15 is 0 Å². The SMILES string of the molecule is CCN(CC1CC1)S(=O)(=O)c1ccccc1O. The van der Waals surface area contributed by atoms with Crippen molar-refractivity contribution in [2.24, 2.45) is 5.92 Å². The lowest BCUT2D eigenvalue weighted by molar-refractivity contribution is 0.404. The Hall–Kier alpha value is -1.07. The molecule has 0 saturated heterocycles. The van der Waals surface area contributed by atoms with Gasteiger partial charge in [-0.1, -0.05) is 19.1 Å². The second kappa shape index (κ2) is 4.66. The van der Waals surface area contributed by atoms with Crippen molar-refractivity contribution in [3.63, 3.8) is 0 Å². The Bertz CT molecular complexity index is 494. The molecule has 1 saturated carbocycles. The number of rotatable bonds is 5. The van der Waals surface area contributed by atoms with E-state index in [2.05, 4.69) is 0 Å². The summed E-state index contributed by atoms with van der Waals surface area (Å²) in [6, 6.07) is 6.08. The molecule has 94 valence electrons. The fourth-order valence-corrected chi connectivity index (χ4v) is 3.41. The van der Waals surface area contributed by atoms with Gasteiger partial charge in [0.15, 0.2) is 0 Å². The van der Waals surface area contributed by atoms with E-state index in [1.54, 1.807) is 12.1 Å². The fourth-order valence-electron chi connectivity index (χ4n) is 1.80. The summed E-state index contributed by atoms with van der Waals surface area (Å²) < 4.78 is 26.1. The van der Waals surface area contributed by atoms with Crippen LogP contribution in [0.2, 0.25) is 0 Å². The summed E-state index contributed by atoms with van der Waals surface area (Å²) in [5, 5.41) is 9.63. The highest BCUT2D eigenvalue weighted by Gasteiger charge is 2.31. The summed E-state index contributed by atoms with van der Waals surface area (Å²) in [4.78, 5) is 0.00231. The van der Waals surface area contributed by atoms with Crippen molar-refractivity contribution in [2.45, 2.75) is 24.7 Å². The Labute approximate surface area is 102 Å². The molecular formula is C12H17NO3S. The van der Waals surface area contributed by atoms with E-state index in [9.17, 15) is 13.5 Å². The molecular weight excluding hydrogens is 238 g/mol. The van der Waals surface area contributed by atoms with Gasteiger partial charge in [0.05, 0.1) is 0 Å². The molecule has 0 radical (unpaired) electrons. The molecule has 2 rings (SSSR count). The number of para-hydroxylation sites is 1. The number of nitrogens with zero attached hydrogens (tertiary/aromatic N) is 1. The molecule has 4 nitrogen and oxygen atoms in total. The molecule has 1 aromatic rings. The lowest BCUT2D eigenvalue weighted by atomic mass is 10.3. The first-order valence-electron chi connectivity index (χ1n) is 5.84. The van der Waals surface area contributed by atoms with Crippen molar-refractivity contribution < 1.29 is 13.5 Å². The van der Waals surface area contributed by atoms with Crippen molar-refractivity contribution >= 4 is 10.0 Å². The molecule has 0 bridgehead atoms. The van der Waals surface area contributed by atoms with Crippen LogP contribution in [0.25, 0.3) is 0 Å². The van der Waals surface area contributed by atoms with Gasteiger partial charge in [-0.05, 0) is 30.9 Å². The minimum absolute atomic E-state index is 0.00231. The highest BCUT2D eigenvalue weighted by molar-refractivity contribution is 7.89. The van der Waals surface area contributed by atoms with Gasteiger partial charge in [-0.3, -0.25) is 0 Å². The van der Waals surface area contributed by atoms with Crippen LogP contribution in [0.1, 0.15) is 19.8 Å².